The van der Waals surface area contributed by atoms with Crippen LogP contribution in [0, 0.1) is 0 Å². The van der Waals surface area contributed by atoms with Crippen LogP contribution in [-0.4, -0.2) is 76.7 Å². The number of nitrogens with zero attached hydrogens (tertiary/aromatic N) is 3. The number of morpholine rings is 1. The average Bonchev–Trinajstić information content (AvgIpc) is 2.63. The van der Waals surface area contributed by atoms with Gasteiger partial charge in [0, 0.05) is 71.5 Å². The predicted molar refractivity (Wildman–Crippen MR) is 104 cm³/mol. The third kappa shape index (κ3) is 6.31. The van der Waals surface area contributed by atoms with Crippen molar-refractivity contribution < 1.29 is 14.3 Å². The maximum absolute atomic E-state index is 12.1. The summed E-state index contributed by atoms with van der Waals surface area (Å²) in [6, 6.07) is 7.75. The topological polar surface area (TPSA) is 65.1 Å². The average molecular weight is 362 g/mol. The fourth-order valence-corrected chi connectivity index (χ4v) is 2.88. The Balaban J connectivity index is 1.78. The van der Waals surface area contributed by atoms with Gasteiger partial charge in [0.1, 0.15) is 0 Å². The number of carbonyl (C=O) groups excluding carboxylic acids is 2. The van der Waals surface area contributed by atoms with Crippen molar-refractivity contribution >= 4 is 23.2 Å². The Labute approximate surface area is 155 Å². The van der Waals surface area contributed by atoms with Crippen molar-refractivity contribution in [3.05, 3.63) is 24.3 Å². The molecule has 1 saturated heterocycles. The predicted octanol–water partition coefficient (Wildman–Crippen LogP) is 0.944. The highest BCUT2D eigenvalue weighted by molar-refractivity contribution is 5.92. The summed E-state index contributed by atoms with van der Waals surface area (Å²) in [5.41, 5.74) is 1.88. The molecular weight excluding hydrogens is 332 g/mol. The number of hydrogen-bond donors (Lipinski definition) is 1. The molecule has 1 aromatic carbocycles. The number of rotatable bonds is 8. The highest BCUT2D eigenvalue weighted by Gasteiger charge is 2.14. The summed E-state index contributed by atoms with van der Waals surface area (Å²) in [7, 11) is 3.94. The van der Waals surface area contributed by atoms with Crippen molar-refractivity contribution in [3.8, 4) is 0 Å². The molecule has 144 valence electrons. The summed E-state index contributed by atoms with van der Waals surface area (Å²) in [6.07, 6.45) is 0.290. The number of hydrogen-bond acceptors (Lipinski definition) is 5. The van der Waals surface area contributed by atoms with E-state index in [1.165, 1.54) is 6.92 Å². The van der Waals surface area contributed by atoms with E-state index < -0.39 is 0 Å². The van der Waals surface area contributed by atoms with Gasteiger partial charge in [0.2, 0.25) is 11.8 Å². The first-order chi connectivity index (χ1) is 12.5. The fourth-order valence-electron chi connectivity index (χ4n) is 2.88. The minimum atomic E-state index is -0.0660. The summed E-state index contributed by atoms with van der Waals surface area (Å²) in [5.74, 6) is -0.0989. The number of amides is 2. The van der Waals surface area contributed by atoms with Gasteiger partial charge >= 0.3 is 0 Å². The summed E-state index contributed by atoms with van der Waals surface area (Å²) < 4.78 is 5.31. The Hall–Kier alpha value is -2.12. The molecular formula is C19H30N4O3. The first kappa shape index (κ1) is 20.2. The lowest BCUT2D eigenvalue weighted by Gasteiger charge is -2.26. The molecule has 0 aromatic heterocycles. The minimum Gasteiger partial charge on any atom is -0.379 e. The third-order valence-electron chi connectivity index (χ3n) is 4.47. The lowest BCUT2D eigenvalue weighted by Crippen LogP contribution is -2.42. The van der Waals surface area contributed by atoms with Crippen LogP contribution < -0.4 is 15.1 Å². The Kier molecular flexibility index (Phi) is 7.87. The van der Waals surface area contributed by atoms with Gasteiger partial charge in [0.15, 0.2) is 0 Å². The highest BCUT2D eigenvalue weighted by atomic mass is 16.5. The van der Waals surface area contributed by atoms with E-state index in [0.29, 0.717) is 13.1 Å². The van der Waals surface area contributed by atoms with Crippen molar-refractivity contribution in [3.63, 3.8) is 0 Å². The van der Waals surface area contributed by atoms with Crippen molar-refractivity contribution in [1.29, 1.82) is 0 Å². The monoisotopic (exact) mass is 362 g/mol. The summed E-state index contributed by atoms with van der Waals surface area (Å²) >= 11 is 0. The SMILES string of the molecule is CC(=O)N(CCC(=O)NCCN1CCOCC1)c1ccc(N(C)C)cc1. The van der Waals surface area contributed by atoms with E-state index in [1.807, 2.05) is 43.3 Å². The van der Waals surface area contributed by atoms with Gasteiger partial charge in [-0.2, -0.15) is 0 Å². The first-order valence-electron chi connectivity index (χ1n) is 9.09. The largest absolute Gasteiger partial charge is 0.379 e. The van der Waals surface area contributed by atoms with Crippen LogP contribution in [-0.2, 0) is 14.3 Å². The molecule has 1 aromatic rings. The molecule has 1 heterocycles. The summed E-state index contributed by atoms with van der Waals surface area (Å²) in [5, 5.41) is 2.93. The van der Waals surface area contributed by atoms with Gasteiger partial charge in [0.25, 0.3) is 0 Å². The number of carbonyl (C=O) groups is 2. The molecule has 0 saturated carbocycles. The molecule has 7 heteroatoms. The van der Waals surface area contributed by atoms with Gasteiger partial charge in [0.05, 0.1) is 13.2 Å². The van der Waals surface area contributed by atoms with E-state index in [2.05, 4.69) is 10.2 Å². The Bertz CT molecular complexity index is 583. The number of ether oxygens (including phenoxy) is 1. The molecule has 1 fully saturated rings. The van der Waals surface area contributed by atoms with E-state index in [0.717, 1.165) is 44.2 Å². The zero-order valence-corrected chi connectivity index (χ0v) is 16.0. The molecule has 0 bridgehead atoms. The number of anilines is 2. The maximum Gasteiger partial charge on any atom is 0.223 e. The first-order valence-corrected chi connectivity index (χ1v) is 9.09. The van der Waals surface area contributed by atoms with Gasteiger partial charge in [-0.15, -0.1) is 0 Å². The Morgan fingerprint density at radius 3 is 2.31 bits per heavy atom. The van der Waals surface area contributed by atoms with Crippen LogP contribution in [0.5, 0.6) is 0 Å². The van der Waals surface area contributed by atoms with Gasteiger partial charge in [-0.25, -0.2) is 0 Å². The van der Waals surface area contributed by atoms with Crippen LogP contribution in [0.1, 0.15) is 13.3 Å². The zero-order valence-electron chi connectivity index (χ0n) is 16.0. The fraction of sp³-hybridized carbons (Fsp3) is 0.579. The van der Waals surface area contributed by atoms with E-state index in [-0.39, 0.29) is 18.2 Å². The second kappa shape index (κ2) is 10.1. The van der Waals surface area contributed by atoms with Crippen LogP contribution >= 0.6 is 0 Å². The van der Waals surface area contributed by atoms with Crippen LogP contribution in [0.15, 0.2) is 24.3 Å². The van der Waals surface area contributed by atoms with Crippen molar-refractivity contribution in [2.75, 3.05) is 69.8 Å². The Morgan fingerprint density at radius 2 is 1.73 bits per heavy atom. The molecule has 26 heavy (non-hydrogen) atoms. The van der Waals surface area contributed by atoms with Crippen LogP contribution in [0.25, 0.3) is 0 Å². The van der Waals surface area contributed by atoms with Crippen LogP contribution in [0.4, 0.5) is 11.4 Å². The molecule has 0 atom stereocenters. The zero-order chi connectivity index (χ0) is 18.9. The smallest absolute Gasteiger partial charge is 0.223 e. The quantitative estimate of drug-likeness (QED) is 0.746. The lowest BCUT2D eigenvalue weighted by atomic mass is 10.2. The second-order valence-corrected chi connectivity index (χ2v) is 6.64. The van der Waals surface area contributed by atoms with E-state index in [4.69, 9.17) is 4.74 Å². The summed E-state index contributed by atoms with van der Waals surface area (Å²) in [6.45, 7) is 6.69. The molecule has 0 spiro atoms. The van der Waals surface area contributed by atoms with Crippen LogP contribution in [0.3, 0.4) is 0 Å². The van der Waals surface area contributed by atoms with Crippen LogP contribution in [0.2, 0.25) is 0 Å². The molecule has 1 aliphatic heterocycles. The van der Waals surface area contributed by atoms with E-state index in [1.54, 1.807) is 4.90 Å². The molecule has 0 radical (unpaired) electrons. The number of benzene rings is 1. The summed E-state index contributed by atoms with van der Waals surface area (Å²) in [4.78, 5) is 30.0. The molecule has 7 nitrogen and oxygen atoms in total. The van der Waals surface area contributed by atoms with Gasteiger partial charge in [-0.1, -0.05) is 0 Å². The number of nitrogens with one attached hydrogen (secondary N) is 1. The van der Waals surface area contributed by atoms with Crippen molar-refractivity contribution in [2.24, 2.45) is 0 Å². The van der Waals surface area contributed by atoms with E-state index >= 15 is 0 Å². The van der Waals surface area contributed by atoms with Gasteiger partial charge < -0.3 is 19.9 Å². The highest BCUT2D eigenvalue weighted by Crippen LogP contribution is 2.20. The van der Waals surface area contributed by atoms with Gasteiger partial charge in [-0.05, 0) is 24.3 Å². The van der Waals surface area contributed by atoms with Crippen molar-refractivity contribution in [2.45, 2.75) is 13.3 Å². The maximum atomic E-state index is 12.1. The Morgan fingerprint density at radius 1 is 1.12 bits per heavy atom. The standard InChI is InChI=1S/C19H30N4O3/c1-16(24)23(18-6-4-17(5-7-18)21(2)3)10-8-19(25)20-9-11-22-12-14-26-15-13-22/h4-7H,8-15H2,1-3H3,(H,20,25). The lowest BCUT2D eigenvalue weighted by molar-refractivity contribution is -0.121. The normalized spacial score (nSPS) is 14.7. The minimum absolute atomic E-state index is 0.0329. The molecule has 1 aliphatic rings. The molecule has 1 N–H and O–H groups in total. The molecule has 0 aliphatic carbocycles. The third-order valence-corrected chi connectivity index (χ3v) is 4.47. The van der Waals surface area contributed by atoms with E-state index in [9.17, 15) is 9.59 Å². The van der Waals surface area contributed by atoms with Gasteiger partial charge in [-0.3, -0.25) is 14.5 Å². The van der Waals surface area contributed by atoms with Crippen molar-refractivity contribution in [1.82, 2.24) is 10.2 Å². The molecule has 2 rings (SSSR count). The molecule has 0 unspecified atom stereocenters. The second-order valence-electron chi connectivity index (χ2n) is 6.64. The molecule has 2 amide bonds.